The Kier molecular flexibility index (Phi) is 33.4. The van der Waals surface area contributed by atoms with Crippen LogP contribution < -0.4 is 0 Å². The first-order valence-corrected chi connectivity index (χ1v) is 27.4. The van der Waals surface area contributed by atoms with E-state index in [1.54, 1.807) is 23.5 Å². The Morgan fingerprint density at radius 2 is 0.745 bits per heavy atom. The van der Waals surface area contributed by atoms with Crippen molar-refractivity contribution in [2.75, 3.05) is 36.2 Å². The molecular weight excluding hydrogens is 743 g/mol. The van der Waals surface area contributed by atoms with Gasteiger partial charge in [-0.1, -0.05) is 65.2 Å². The van der Waals surface area contributed by atoms with Crippen molar-refractivity contribution < 1.29 is 34.8 Å². The molecule has 0 bridgehead atoms. The molecule has 0 unspecified atom stereocenters. The first-order valence-electron chi connectivity index (χ1n) is 18.7. The van der Waals surface area contributed by atoms with E-state index in [2.05, 4.69) is 27.7 Å². The van der Waals surface area contributed by atoms with Crippen molar-refractivity contribution >= 4 is 66.6 Å². The monoisotopic (exact) mass is 812 g/mol. The van der Waals surface area contributed by atoms with Gasteiger partial charge in [-0.3, -0.25) is 0 Å². The first-order chi connectivity index (χ1) is 22.8. The van der Waals surface area contributed by atoms with Crippen molar-refractivity contribution in [1.29, 1.82) is 0 Å². The van der Waals surface area contributed by atoms with Crippen molar-refractivity contribution in [3.63, 3.8) is 0 Å². The standard InChI is InChI=1S/2C14H26O4S.2C4H9.Sn/c2*1-2-3-4-5-6-7-10-18-14(17)9-12-19-11-8-13(15)16;2*1-3-4-2;/h2*2-12H2,1H3,(H,15,16);2*1,3-4H2,2H3;/q;;;;+2/p-2. The van der Waals surface area contributed by atoms with Crippen LogP contribution in [0.15, 0.2) is 0 Å². The fourth-order valence-electron chi connectivity index (χ4n) is 4.87. The number of rotatable bonds is 34. The SMILES string of the molecule is CCCCCCCCOC(=O)CCSCCC(=O)[O][Sn]([CH2]CCC)([CH2]CCC)[O]C(=O)CCSCCC(=O)OCCCCCCCC. The van der Waals surface area contributed by atoms with Crippen LogP contribution in [-0.4, -0.2) is 79.3 Å². The summed E-state index contributed by atoms with van der Waals surface area (Å²) in [6, 6.07) is 0. The molecular formula is C36H68O8S2Sn. The van der Waals surface area contributed by atoms with Crippen molar-refractivity contribution in [2.45, 2.75) is 165 Å². The molecule has 0 radical (unpaired) electrons. The summed E-state index contributed by atoms with van der Waals surface area (Å²) in [6.45, 7) is 9.54. The van der Waals surface area contributed by atoms with Gasteiger partial charge in [-0.15, -0.1) is 0 Å². The Morgan fingerprint density at radius 3 is 1.11 bits per heavy atom. The smallest absolute Gasteiger partial charge is 0.0654 e. The summed E-state index contributed by atoms with van der Waals surface area (Å²) >= 11 is -0.901. The van der Waals surface area contributed by atoms with E-state index in [0.29, 0.717) is 57.9 Å². The number of ether oxygens (including phenoxy) is 2. The minimum atomic E-state index is -3.99. The Balaban J connectivity index is 4.45. The molecule has 0 aliphatic rings. The molecule has 0 aromatic carbocycles. The zero-order chi connectivity index (χ0) is 34.9. The van der Waals surface area contributed by atoms with E-state index in [1.165, 1.54) is 51.4 Å². The second-order valence-corrected chi connectivity index (χ2v) is 23.9. The molecule has 0 amide bonds. The van der Waals surface area contributed by atoms with Crippen LogP contribution in [-0.2, 0) is 34.8 Å². The number of hydrogen-bond donors (Lipinski definition) is 0. The molecule has 8 nitrogen and oxygen atoms in total. The van der Waals surface area contributed by atoms with E-state index >= 15 is 0 Å². The molecule has 47 heavy (non-hydrogen) atoms. The van der Waals surface area contributed by atoms with Crippen LogP contribution in [0.4, 0.5) is 0 Å². The van der Waals surface area contributed by atoms with E-state index in [9.17, 15) is 19.2 Å². The van der Waals surface area contributed by atoms with Crippen LogP contribution in [0.25, 0.3) is 0 Å². The normalized spacial score (nSPS) is 11.3. The zero-order valence-electron chi connectivity index (χ0n) is 30.4. The maximum absolute atomic E-state index is 12.9. The molecule has 0 spiro atoms. The summed E-state index contributed by atoms with van der Waals surface area (Å²) in [5.74, 6) is 1.35. The zero-order valence-corrected chi connectivity index (χ0v) is 34.9. The average molecular weight is 812 g/mol. The van der Waals surface area contributed by atoms with E-state index in [1.807, 2.05) is 0 Å². The Labute approximate surface area is 301 Å². The molecule has 0 rings (SSSR count). The quantitative estimate of drug-likeness (QED) is 0.0354. The summed E-state index contributed by atoms with van der Waals surface area (Å²) < 4.78 is 24.3. The van der Waals surface area contributed by atoms with E-state index < -0.39 is 19.2 Å². The molecule has 0 aliphatic carbocycles. The Bertz CT molecular complexity index is 735. The van der Waals surface area contributed by atoms with Crippen molar-refractivity contribution in [3.8, 4) is 0 Å². The number of esters is 2. The number of carbonyl (C=O) groups is 4. The predicted octanol–water partition coefficient (Wildman–Crippen LogP) is 9.95. The minimum absolute atomic E-state index is 0.184. The molecule has 0 aromatic rings. The van der Waals surface area contributed by atoms with Gasteiger partial charge in [0.25, 0.3) is 0 Å². The molecule has 11 heteroatoms. The second kappa shape index (κ2) is 33.9. The van der Waals surface area contributed by atoms with Gasteiger partial charge in [-0.25, -0.2) is 0 Å². The molecule has 0 saturated heterocycles. The van der Waals surface area contributed by atoms with Gasteiger partial charge in [0, 0.05) is 0 Å². The van der Waals surface area contributed by atoms with Gasteiger partial charge in [0.05, 0.1) is 0 Å². The predicted molar refractivity (Wildman–Crippen MR) is 199 cm³/mol. The molecule has 0 N–H and O–H groups in total. The van der Waals surface area contributed by atoms with Gasteiger partial charge in [-0.2, -0.15) is 0 Å². The number of hydrogen-bond acceptors (Lipinski definition) is 10. The van der Waals surface area contributed by atoms with Crippen LogP contribution in [0.2, 0.25) is 8.87 Å². The van der Waals surface area contributed by atoms with Gasteiger partial charge in [0.1, 0.15) is 0 Å². The van der Waals surface area contributed by atoms with E-state index in [-0.39, 0.29) is 36.7 Å². The number of carbonyl (C=O) groups excluding carboxylic acids is 4. The molecule has 0 aromatic heterocycles. The van der Waals surface area contributed by atoms with Crippen LogP contribution in [0.5, 0.6) is 0 Å². The van der Waals surface area contributed by atoms with Gasteiger partial charge >= 0.3 is 237 Å². The summed E-state index contributed by atoms with van der Waals surface area (Å²) in [7, 11) is 0. The minimum Gasteiger partial charge on any atom is -0.0654 e. The molecule has 0 fully saturated rings. The fourth-order valence-corrected chi connectivity index (χ4v) is 16.6. The molecule has 0 atom stereocenters. The van der Waals surface area contributed by atoms with Gasteiger partial charge in [0.15, 0.2) is 0 Å². The van der Waals surface area contributed by atoms with Crippen LogP contribution >= 0.6 is 23.5 Å². The van der Waals surface area contributed by atoms with E-state index in [4.69, 9.17) is 15.6 Å². The molecule has 0 aliphatic heterocycles. The molecule has 0 heterocycles. The molecule has 0 saturated carbocycles. The van der Waals surface area contributed by atoms with Gasteiger partial charge in [-0.05, 0) is 0 Å². The summed E-state index contributed by atoms with van der Waals surface area (Å²) in [5.41, 5.74) is 0. The third-order valence-electron chi connectivity index (χ3n) is 7.75. The average Bonchev–Trinajstić information content (AvgIpc) is 3.05. The Morgan fingerprint density at radius 1 is 0.426 bits per heavy atom. The summed E-state index contributed by atoms with van der Waals surface area (Å²) in [5, 5.41) is 0. The van der Waals surface area contributed by atoms with E-state index in [0.717, 1.165) is 51.4 Å². The van der Waals surface area contributed by atoms with Gasteiger partial charge in [0.2, 0.25) is 0 Å². The van der Waals surface area contributed by atoms with Crippen LogP contribution in [0.1, 0.15) is 156 Å². The van der Waals surface area contributed by atoms with Crippen molar-refractivity contribution in [3.05, 3.63) is 0 Å². The summed E-state index contributed by atoms with van der Waals surface area (Å²) in [4.78, 5) is 49.9. The third-order valence-corrected chi connectivity index (χ3v) is 19.5. The first kappa shape index (κ1) is 46.4. The fraction of sp³-hybridized carbons (Fsp3) is 0.889. The summed E-state index contributed by atoms with van der Waals surface area (Å²) in [6.07, 6.45) is 18.6. The van der Waals surface area contributed by atoms with Crippen LogP contribution in [0, 0.1) is 0 Å². The van der Waals surface area contributed by atoms with Gasteiger partial charge < -0.3 is 0 Å². The second-order valence-electron chi connectivity index (χ2n) is 12.3. The van der Waals surface area contributed by atoms with Crippen molar-refractivity contribution in [1.82, 2.24) is 0 Å². The topological polar surface area (TPSA) is 105 Å². The maximum atomic E-state index is 12.9. The number of thioether (sulfide) groups is 2. The van der Waals surface area contributed by atoms with Crippen LogP contribution in [0.3, 0.4) is 0 Å². The van der Waals surface area contributed by atoms with Crippen molar-refractivity contribution in [2.24, 2.45) is 0 Å². The number of unbranched alkanes of at least 4 members (excludes halogenated alkanes) is 12. The Hall–Kier alpha value is -0.621. The third kappa shape index (κ3) is 30.0. The molecule has 276 valence electrons.